The maximum atomic E-state index is 3.85. The number of rotatable bonds is 2. The number of hydrogen-bond donors (Lipinski definition) is 0. The Kier molecular flexibility index (Phi) is 5.70. The Morgan fingerprint density at radius 1 is 0.542 bits per heavy atom. The molecule has 0 radical (unpaired) electrons. The van der Waals surface area contributed by atoms with Gasteiger partial charge in [0.05, 0.1) is 0 Å². The highest BCUT2D eigenvalue weighted by atomic mass is 79.9. The van der Waals surface area contributed by atoms with E-state index < -0.39 is 0 Å². The van der Waals surface area contributed by atoms with Gasteiger partial charge >= 0.3 is 0 Å². The monoisotopic (exact) mass is 570 g/mol. The first-order valence-electron chi connectivity index (χ1n) is 7.41. The Labute approximate surface area is 176 Å². The summed E-state index contributed by atoms with van der Waals surface area (Å²) in [6.45, 7) is 4.31. The van der Waals surface area contributed by atoms with Crippen LogP contribution < -0.4 is 0 Å². The van der Waals surface area contributed by atoms with Crippen molar-refractivity contribution in [3.63, 3.8) is 0 Å². The van der Waals surface area contributed by atoms with Crippen LogP contribution in [-0.2, 0) is 0 Å². The minimum atomic E-state index is 1.09. The molecule has 0 saturated carbocycles. The van der Waals surface area contributed by atoms with E-state index >= 15 is 0 Å². The zero-order valence-electron chi connectivity index (χ0n) is 13.1. The maximum absolute atomic E-state index is 3.85. The van der Waals surface area contributed by atoms with E-state index in [-0.39, 0.29) is 0 Å². The van der Waals surface area contributed by atoms with Gasteiger partial charge in [-0.25, -0.2) is 0 Å². The molecule has 0 fully saturated rings. The Bertz CT molecular complexity index is 823. The molecule has 0 aliphatic carbocycles. The molecule has 0 saturated heterocycles. The van der Waals surface area contributed by atoms with Gasteiger partial charge in [-0.3, -0.25) is 0 Å². The average Bonchev–Trinajstić information content (AvgIpc) is 2.57. The molecule has 0 aliphatic heterocycles. The van der Waals surface area contributed by atoms with Gasteiger partial charge in [-0.1, -0.05) is 68.3 Å². The molecule has 3 aromatic carbocycles. The van der Waals surface area contributed by atoms with Crippen molar-refractivity contribution in [2.45, 2.75) is 13.8 Å². The number of hydrogen-bond acceptors (Lipinski definition) is 0. The molecule has 0 aliphatic rings. The molecule has 0 unspecified atom stereocenters. The number of halogens is 4. The fourth-order valence-electron chi connectivity index (χ4n) is 2.89. The minimum Gasteiger partial charge on any atom is -0.0616 e. The van der Waals surface area contributed by atoms with E-state index in [1.54, 1.807) is 0 Å². The van der Waals surface area contributed by atoms with Crippen LogP contribution in [0.4, 0.5) is 0 Å². The van der Waals surface area contributed by atoms with E-state index in [2.05, 4.69) is 114 Å². The van der Waals surface area contributed by atoms with Crippen molar-refractivity contribution in [1.82, 2.24) is 0 Å². The molecular formula is C20H14Br4. The topological polar surface area (TPSA) is 0 Å². The first kappa shape index (κ1) is 18.4. The summed E-state index contributed by atoms with van der Waals surface area (Å²) < 4.78 is 4.43. The Morgan fingerprint density at radius 2 is 0.875 bits per heavy atom. The first-order chi connectivity index (χ1) is 11.4. The normalized spacial score (nSPS) is 10.9. The van der Waals surface area contributed by atoms with Gasteiger partial charge in [0.15, 0.2) is 0 Å². The molecule has 0 amide bonds. The lowest BCUT2D eigenvalue weighted by Crippen LogP contribution is -1.96. The molecule has 0 heterocycles. The zero-order chi connectivity index (χ0) is 17.4. The van der Waals surface area contributed by atoms with Crippen LogP contribution in [0.1, 0.15) is 11.1 Å². The molecule has 122 valence electrons. The van der Waals surface area contributed by atoms with Crippen molar-refractivity contribution in [2.24, 2.45) is 0 Å². The van der Waals surface area contributed by atoms with Crippen LogP contribution in [0, 0.1) is 13.8 Å². The summed E-state index contributed by atoms with van der Waals surface area (Å²) in [5.74, 6) is 0. The molecule has 0 aromatic heterocycles. The van der Waals surface area contributed by atoms with Gasteiger partial charge in [0.25, 0.3) is 0 Å². The minimum absolute atomic E-state index is 1.09. The van der Waals surface area contributed by atoms with Crippen molar-refractivity contribution in [3.8, 4) is 22.3 Å². The van der Waals surface area contributed by atoms with Crippen LogP contribution >= 0.6 is 63.7 Å². The second-order valence-corrected chi connectivity index (χ2v) is 8.88. The molecule has 3 aromatic rings. The molecule has 4 heteroatoms. The lowest BCUT2D eigenvalue weighted by atomic mass is 9.92. The van der Waals surface area contributed by atoms with E-state index in [4.69, 9.17) is 0 Å². The quantitative estimate of drug-likeness (QED) is 0.288. The molecule has 0 N–H and O–H groups in total. The van der Waals surface area contributed by atoms with Crippen LogP contribution in [0.15, 0.2) is 66.4 Å². The molecule has 3 rings (SSSR count). The lowest BCUT2D eigenvalue weighted by molar-refractivity contribution is 1.33. The highest BCUT2D eigenvalue weighted by molar-refractivity contribution is 9.11. The summed E-state index contributed by atoms with van der Waals surface area (Å²) in [5.41, 5.74) is 7.22. The SMILES string of the molecule is Cc1c(Br)c(-c2ccccc2Br)c(C)c(Br)c1-c1ccccc1Br. The van der Waals surface area contributed by atoms with Gasteiger partial charge in [0.2, 0.25) is 0 Å². The number of benzene rings is 3. The van der Waals surface area contributed by atoms with Gasteiger partial charge in [0, 0.05) is 29.0 Å². The molecule has 0 atom stereocenters. The van der Waals surface area contributed by atoms with Gasteiger partial charge in [-0.05, 0) is 80.1 Å². The standard InChI is InChI=1S/C20H14Br4/c1-11-17(13-7-3-5-9-15(13)21)20(24)12(2)18(19(11)23)14-8-4-6-10-16(14)22/h3-10H,1-2H3. The van der Waals surface area contributed by atoms with Crippen LogP contribution in [0.2, 0.25) is 0 Å². The van der Waals surface area contributed by atoms with E-state index in [0.717, 1.165) is 17.9 Å². The molecule has 0 bridgehead atoms. The first-order valence-corrected chi connectivity index (χ1v) is 10.6. The summed E-state index contributed by atoms with van der Waals surface area (Å²) >= 11 is 15.1. The van der Waals surface area contributed by atoms with E-state index in [9.17, 15) is 0 Å². The highest BCUT2D eigenvalue weighted by Gasteiger charge is 2.21. The van der Waals surface area contributed by atoms with E-state index in [1.807, 2.05) is 12.1 Å². The summed E-state index contributed by atoms with van der Waals surface area (Å²) in [7, 11) is 0. The summed E-state index contributed by atoms with van der Waals surface area (Å²) in [6.07, 6.45) is 0. The average molecular weight is 574 g/mol. The molecule has 0 spiro atoms. The van der Waals surface area contributed by atoms with Crippen molar-refractivity contribution in [3.05, 3.63) is 77.5 Å². The van der Waals surface area contributed by atoms with Gasteiger partial charge in [-0.15, -0.1) is 0 Å². The van der Waals surface area contributed by atoms with Crippen molar-refractivity contribution < 1.29 is 0 Å². The third kappa shape index (κ3) is 3.18. The smallest absolute Gasteiger partial charge is 0.0293 e. The highest BCUT2D eigenvalue weighted by Crippen LogP contribution is 2.47. The molecular weight excluding hydrogens is 560 g/mol. The summed E-state index contributed by atoms with van der Waals surface area (Å²) in [4.78, 5) is 0. The molecule has 0 nitrogen and oxygen atoms in total. The van der Waals surface area contributed by atoms with Crippen LogP contribution in [0.5, 0.6) is 0 Å². The third-order valence-corrected chi connectivity index (χ3v) is 7.50. The zero-order valence-corrected chi connectivity index (χ0v) is 19.5. The fourth-order valence-corrected chi connectivity index (χ4v) is 5.28. The Morgan fingerprint density at radius 3 is 1.21 bits per heavy atom. The van der Waals surface area contributed by atoms with Crippen molar-refractivity contribution in [2.75, 3.05) is 0 Å². The van der Waals surface area contributed by atoms with Crippen LogP contribution in [0.25, 0.3) is 22.3 Å². The predicted molar refractivity (Wildman–Crippen MR) is 118 cm³/mol. The second kappa shape index (κ2) is 7.45. The Hall–Kier alpha value is -0.420. The lowest BCUT2D eigenvalue weighted by Gasteiger charge is -2.20. The van der Waals surface area contributed by atoms with Crippen molar-refractivity contribution in [1.29, 1.82) is 0 Å². The van der Waals surface area contributed by atoms with Crippen LogP contribution in [0.3, 0.4) is 0 Å². The van der Waals surface area contributed by atoms with Gasteiger partial charge < -0.3 is 0 Å². The van der Waals surface area contributed by atoms with E-state index in [1.165, 1.54) is 33.4 Å². The summed E-state index contributed by atoms with van der Waals surface area (Å²) in [5, 5.41) is 0. The second-order valence-electron chi connectivity index (χ2n) is 5.59. The predicted octanol–water partition coefficient (Wildman–Crippen LogP) is 8.69. The largest absolute Gasteiger partial charge is 0.0616 e. The maximum Gasteiger partial charge on any atom is 0.0293 e. The van der Waals surface area contributed by atoms with Crippen LogP contribution in [-0.4, -0.2) is 0 Å². The third-order valence-electron chi connectivity index (χ3n) is 4.13. The summed E-state index contributed by atoms with van der Waals surface area (Å²) in [6, 6.07) is 16.6. The van der Waals surface area contributed by atoms with Crippen molar-refractivity contribution >= 4 is 63.7 Å². The van der Waals surface area contributed by atoms with Gasteiger partial charge in [0.1, 0.15) is 0 Å². The van der Waals surface area contributed by atoms with Gasteiger partial charge in [-0.2, -0.15) is 0 Å². The Balaban J connectivity index is 2.36. The molecule has 24 heavy (non-hydrogen) atoms. The fraction of sp³-hybridized carbons (Fsp3) is 0.100. The van der Waals surface area contributed by atoms with E-state index in [0.29, 0.717) is 0 Å².